The Balaban J connectivity index is 1.42. The zero-order valence-electron chi connectivity index (χ0n) is 24.9. The van der Waals surface area contributed by atoms with Crippen LogP contribution < -0.4 is 16.1 Å². The molecule has 0 radical (unpaired) electrons. The number of aliphatic hydroxyl groups excluding tert-OH is 1. The topological polar surface area (TPSA) is 168 Å². The number of aliphatic hydroxyl groups is 1. The Labute approximate surface area is 266 Å². The molecule has 1 aliphatic heterocycles. The summed E-state index contributed by atoms with van der Waals surface area (Å²) in [5.41, 5.74) is 5.51. The van der Waals surface area contributed by atoms with Gasteiger partial charge in [-0.05, 0) is 62.2 Å². The van der Waals surface area contributed by atoms with Gasteiger partial charge >= 0.3 is 11.7 Å². The van der Waals surface area contributed by atoms with Crippen molar-refractivity contribution in [3.63, 3.8) is 0 Å². The molecular formula is C33H32BrNO10. The van der Waals surface area contributed by atoms with Crippen molar-refractivity contribution < 1.29 is 43.2 Å². The number of amides is 1. The molecule has 12 heteroatoms. The molecule has 0 spiro atoms. The van der Waals surface area contributed by atoms with Gasteiger partial charge in [0.2, 0.25) is 6.29 Å². The number of carbonyl (C=O) groups is 2. The highest BCUT2D eigenvalue weighted by molar-refractivity contribution is 9.10. The lowest BCUT2D eigenvalue weighted by atomic mass is 9.89. The van der Waals surface area contributed by atoms with E-state index in [9.17, 15) is 24.6 Å². The highest BCUT2D eigenvalue weighted by atomic mass is 79.9. The van der Waals surface area contributed by atoms with E-state index in [0.717, 1.165) is 15.6 Å². The Bertz CT molecular complexity index is 1830. The summed E-state index contributed by atoms with van der Waals surface area (Å²) in [5.74, 6) is -0.606. The van der Waals surface area contributed by atoms with Crippen molar-refractivity contribution >= 4 is 38.8 Å². The number of Topliss-reactive ketones (excluding diaryl/α,β-unsaturated/α-hetero) is 1. The molecule has 1 aromatic heterocycles. The number of nitrogens with two attached hydrogens (primary N) is 1. The number of methoxy groups -OCH3 is 1. The van der Waals surface area contributed by atoms with E-state index in [4.69, 9.17) is 29.1 Å². The summed E-state index contributed by atoms with van der Waals surface area (Å²) in [6.07, 6.45) is -6.40. The number of benzene rings is 3. The van der Waals surface area contributed by atoms with Crippen molar-refractivity contribution in [3.8, 4) is 22.6 Å². The second kappa shape index (κ2) is 12.6. The van der Waals surface area contributed by atoms with Gasteiger partial charge in [-0.1, -0.05) is 46.3 Å². The van der Waals surface area contributed by atoms with Gasteiger partial charge in [0.25, 0.3) is 0 Å². The number of hydrogen-bond donors (Lipinski definition) is 3. The van der Waals surface area contributed by atoms with Gasteiger partial charge in [-0.2, -0.15) is 0 Å². The molecule has 3 aromatic carbocycles. The molecule has 4 atom stereocenters. The van der Waals surface area contributed by atoms with Gasteiger partial charge in [-0.25, -0.2) is 9.59 Å². The van der Waals surface area contributed by atoms with Crippen LogP contribution in [-0.2, 0) is 20.6 Å². The van der Waals surface area contributed by atoms with Gasteiger partial charge in [-0.3, -0.25) is 4.79 Å². The molecule has 1 amide bonds. The summed E-state index contributed by atoms with van der Waals surface area (Å²) in [5, 5.41) is 22.3. The number of rotatable bonds is 8. The Morgan fingerprint density at radius 1 is 1.07 bits per heavy atom. The Kier molecular flexibility index (Phi) is 9.04. The maximum absolute atomic E-state index is 13.3. The van der Waals surface area contributed by atoms with Crippen LogP contribution in [-0.4, -0.2) is 59.4 Å². The lowest BCUT2D eigenvalue weighted by Crippen LogP contribution is -2.65. The first-order valence-corrected chi connectivity index (χ1v) is 14.8. The number of carbonyl (C=O) groups excluding carboxylic acids is 2. The summed E-state index contributed by atoms with van der Waals surface area (Å²) in [6.45, 7) is 4.93. The van der Waals surface area contributed by atoms with E-state index in [1.165, 1.54) is 19.2 Å². The average Bonchev–Trinajstić information content (AvgIpc) is 2.99. The van der Waals surface area contributed by atoms with Crippen molar-refractivity contribution in [2.75, 3.05) is 7.11 Å². The summed E-state index contributed by atoms with van der Waals surface area (Å²) in [4.78, 5) is 37.9. The van der Waals surface area contributed by atoms with E-state index in [-0.39, 0.29) is 40.2 Å². The predicted molar refractivity (Wildman–Crippen MR) is 167 cm³/mol. The third-order valence-corrected chi connectivity index (χ3v) is 8.28. The fraction of sp³-hybridized carbons (Fsp3) is 0.303. The molecule has 236 valence electrons. The number of aromatic hydroxyl groups is 1. The first-order chi connectivity index (χ1) is 21.3. The average molecular weight is 683 g/mol. The molecule has 45 heavy (non-hydrogen) atoms. The summed E-state index contributed by atoms with van der Waals surface area (Å²) in [6, 6.07) is 17.6. The monoisotopic (exact) mass is 681 g/mol. The van der Waals surface area contributed by atoms with Crippen molar-refractivity contribution in [1.29, 1.82) is 0 Å². The van der Waals surface area contributed by atoms with Crippen LogP contribution in [0.4, 0.5) is 4.79 Å². The minimum atomic E-state index is -1.50. The van der Waals surface area contributed by atoms with Crippen LogP contribution >= 0.6 is 15.9 Å². The first kappa shape index (κ1) is 32.2. The van der Waals surface area contributed by atoms with Gasteiger partial charge in [0.05, 0.1) is 16.6 Å². The molecule has 0 saturated carbocycles. The molecule has 4 aromatic rings. The van der Waals surface area contributed by atoms with Gasteiger partial charge < -0.3 is 39.3 Å². The molecule has 0 bridgehead atoms. The lowest BCUT2D eigenvalue weighted by Gasteiger charge is -2.47. The third kappa shape index (κ3) is 6.45. The van der Waals surface area contributed by atoms with Crippen LogP contribution in [0.25, 0.3) is 22.1 Å². The fourth-order valence-corrected chi connectivity index (χ4v) is 5.96. The van der Waals surface area contributed by atoms with Gasteiger partial charge in [0.15, 0.2) is 18.0 Å². The molecule has 2 heterocycles. The van der Waals surface area contributed by atoms with E-state index in [2.05, 4.69) is 15.9 Å². The van der Waals surface area contributed by atoms with Crippen LogP contribution in [0.5, 0.6) is 11.5 Å². The predicted octanol–water partition coefficient (Wildman–Crippen LogP) is 5.02. The molecule has 4 N–H and O–H groups in total. The highest BCUT2D eigenvalue weighted by Gasteiger charge is 2.53. The van der Waals surface area contributed by atoms with Crippen LogP contribution in [0.15, 0.2) is 74.3 Å². The molecule has 0 aliphatic carbocycles. The number of hydrogen-bond acceptors (Lipinski definition) is 10. The molecule has 0 unspecified atom stereocenters. The summed E-state index contributed by atoms with van der Waals surface area (Å²) in [7, 11) is 1.38. The Hall–Kier alpha value is -4.23. The summed E-state index contributed by atoms with van der Waals surface area (Å²) >= 11 is 3.45. The highest BCUT2D eigenvalue weighted by Crippen LogP contribution is 2.38. The van der Waals surface area contributed by atoms with Gasteiger partial charge in [0.1, 0.15) is 23.2 Å². The van der Waals surface area contributed by atoms with Crippen molar-refractivity contribution in [3.05, 3.63) is 92.2 Å². The van der Waals surface area contributed by atoms with E-state index >= 15 is 0 Å². The first-order valence-electron chi connectivity index (χ1n) is 14.0. The second-order valence-corrected chi connectivity index (χ2v) is 12.1. The zero-order chi connectivity index (χ0) is 32.6. The summed E-state index contributed by atoms with van der Waals surface area (Å²) < 4.78 is 29.0. The van der Waals surface area contributed by atoms with E-state index in [1.54, 1.807) is 39.0 Å². The molecule has 5 rings (SSSR count). The quantitative estimate of drug-likeness (QED) is 0.170. The van der Waals surface area contributed by atoms with Gasteiger partial charge in [-0.15, -0.1) is 0 Å². The fourth-order valence-electron chi connectivity index (χ4n) is 5.56. The largest absolute Gasteiger partial charge is 0.507 e. The molecular weight excluding hydrogens is 650 g/mol. The number of primary amides is 1. The van der Waals surface area contributed by atoms with E-state index in [1.807, 2.05) is 30.3 Å². The van der Waals surface area contributed by atoms with Crippen molar-refractivity contribution in [1.82, 2.24) is 0 Å². The Morgan fingerprint density at radius 3 is 2.42 bits per heavy atom. The lowest BCUT2D eigenvalue weighted by molar-refractivity contribution is -0.304. The van der Waals surface area contributed by atoms with Crippen LogP contribution in [0, 0.1) is 6.92 Å². The standard InChI is InChI=1S/C33H32BrNO10/c1-16-24(42-31-26(38)28(44-32(35)40)29(41-4)33(2,3)45-31)12-11-21-25(37)22(30(39)43-27(16)21)15-23(36)19-9-5-7-17(13-19)18-8-6-10-20(34)14-18/h5-14,26,28-29,31,37-38H,15H2,1-4H3,(H2,35,40)/t26-,28+,29-,31-/m1/s1. The normalized spacial score (nSPS) is 20.9. The van der Waals surface area contributed by atoms with Crippen LogP contribution in [0.2, 0.25) is 0 Å². The number of fused-ring (bicyclic) bond motifs is 1. The number of ketones is 1. The minimum Gasteiger partial charge on any atom is -0.507 e. The number of ether oxygens (including phenoxy) is 4. The molecule has 1 aliphatic rings. The van der Waals surface area contributed by atoms with Crippen molar-refractivity contribution in [2.24, 2.45) is 5.73 Å². The third-order valence-electron chi connectivity index (χ3n) is 7.79. The molecule has 1 saturated heterocycles. The van der Waals surface area contributed by atoms with Crippen molar-refractivity contribution in [2.45, 2.75) is 57.4 Å². The minimum absolute atomic E-state index is 0.0205. The smallest absolute Gasteiger partial charge is 0.404 e. The zero-order valence-corrected chi connectivity index (χ0v) is 26.5. The van der Waals surface area contributed by atoms with Crippen LogP contribution in [0.1, 0.15) is 35.3 Å². The number of aryl methyl sites for hydroxylation is 1. The maximum atomic E-state index is 13.3. The molecule has 11 nitrogen and oxygen atoms in total. The van der Waals surface area contributed by atoms with E-state index in [0.29, 0.717) is 11.1 Å². The Morgan fingerprint density at radius 2 is 1.76 bits per heavy atom. The molecule has 1 fully saturated rings. The second-order valence-electron chi connectivity index (χ2n) is 11.2. The SMILES string of the molecule is CO[C@@H]1[C@@H](OC(N)=O)[C@@H](O)[C@H](Oc2ccc3c(O)c(CC(=O)c4cccc(-c5cccc(Br)c5)c4)c(=O)oc3c2C)OC1(C)C. The maximum Gasteiger partial charge on any atom is 0.404 e. The van der Waals surface area contributed by atoms with E-state index < -0.39 is 41.9 Å². The number of halogens is 1. The van der Waals surface area contributed by atoms with Gasteiger partial charge in [0, 0.05) is 29.1 Å². The van der Waals surface area contributed by atoms with Crippen LogP contribution in [0.3, 0.4) is 0 Å².